The minimum absolute atomic E-state index is 0.288. The van der Waals surface area contributed by atoms with Crippen molar-refractivity contribution in [3.63, 3.8) is 0 Å². The summed E-state index contributed by atoms with van der Waals surface area (Å²) in [7, 11) is -3.06. The Morgan fingerprint density at radius 1 is 1.05 bits per heavy atom. The Balaban J connectivity index is 2.29. The summed E-state index contributed by atoms with van der Waals surface area (Å²) in [5, 5.41) is 3.32. The van der Waals surface area contributed by atoms with Crippen molar-refractivity contribution in [1.29, 1.82) is 0 Å². The first kappa shape index (κ1) is 18.9. The molecule has 0 spiro atoms. The van der Waals surface area contributed by atoms with E-state index in [2.05, 4.69) is 37.9 Å². The standard InChI is InChI=1S/C15H33N3O2S/c1-5-15(4)17-9-11-18(12-10-17)21(19,20)13-7-6-8-16-14(2)3/h14-16H,5-13H2,1-4H3. The van der Waals surface area contributed by atoms with Crippen LogP contribution in [0.3, 0.4) is 0 Å². The number of sulfonamides is 1. The third-order valence-electron chi connectivity index (χ3n) is 4.26. The Labute approximate surface area is 131 Å². The van der Waals surface area contributed by atoms with E-state index in [-0.39, 0.29) is 5.75 Å². The second kappa shape index (κ2) is 9.08. The lowest BCUT2D eigenvalue weighted by atomic mass is 10.2. The van der Waals surface area contributed by atoms with Gasteiger partial charge < -0.3 is 5.32 Å². The summed E-state index contributed by atoms with van der Waals surface area (Å²) >= 11 is 0. The van der Waals surface area contributed by atoms with Gasteiger partial charge in [-0.2, -0.15) is 4.31 Å². The quantitative estimate of drug-likeness (QED) is 0.655. The van der Waals surface area contributed by atoms with E-state index in [0.717, 1.165) is 38.9 Å². The van der Waals surface area contributed by atoms with Crippen molar-refractivity contribution in [1.82, 2.24) is 14.5 Å². The van der Waals surface area contributed by atoms with Crippen molar-refractivity contribution < 1.29 is 8.42 Å². The first-order valence-electron chi connectivity index (χ1n) is 8.32. The first-order valence-corrected chi connectivity index (χ1v) is 9.93. The summed E-state index contributed by atoms with van der Waals surface area (Å²) in [6.07, 6.45) is 2.79. The first-order chi connectivity index (χ1) is 9.86. The lowest BCUT2D eigenvalue weighted by Crippen LogP contribution is -2.51. The molecule has 0 bridgehead atoms. The van der Waals surface area contributed by atoms with Gasteiger partial charge in [-0.25, -0.2) is 8.42 Å². The van der Waals surface area contributed by atoms with Crippen molar-refractivity contribution >= 4 is 10.0 Å². The fraction of sp³-hybridized carbons (Fsp3) is 1.00. The number of piperazine rings is 1. The van der Waals surface area contributed by atoms with E-state index in [4.69, 9.17) is 0 Å². The summed E-state index contributed by atoms with van der Waals surface area (Å²) < 4.78 is 26.3. The minimum atomic E-state index is -3.06. The fourth-order valence-electron chi connectivity index (χ4n) is 2.61. The largest absolute Gasteiger partial charge is 0.315 e. The smallest absolute Gasteiger partial charge is 0.214 e. The molecule has 21 heavy (non-hydrogen) atoms. The van der Waals surface area contributed by atoms with Crippen LogP contribution in [0.2, 0.25) is 0 Å². The average Bonchev–Trinajstić information content (AvgIpc) is 2.45. The van der Waals surface area contributed by atoms with E-state index < -0.39 is 10.0 Å². The van der Waals surface area contributed by atoms with E-state index in [1.807, 2.05) is 0 Å². The topological polar surface area (TPSA) is 52.7 Å². The summed E-state index contributed by atoms with van der Waals surface area (Å²) in [6, 6.07) is 1.02. The molecule has 0 aromatic rings. The highest BCUT2D eigenvalue weighted by Crippen LogP contribution is 2.13. The van der Waals surface area contributed by atoms with Crippen LogP contribution < -0.4 is 5.32 Å². The number of hydrogen-bond acceptors (Lipinski definition) is 4. The molecule has 1 saturated heterocycles. The summed E-state index contributed by atoms with van der Waals surface area (Å²) in [5.41, 5.74) is 0. The zero-order valence-corrected chi connectivity index (χ0v) is 15.0. The highest BCUT2D eigenvalue weighted by molar-refractivity contribution is 7.89. The van der Waals surface area contributed by atoms with Crippen LogP contribution in [0.1, 0.15) is 47.0 Å². The normalized spacial score (nSPS) is 20.0. The van der Waals surface area contributed by atoms with Crippen molar-refractivity contribution in [2.75, 3.05) is 38.5 Å². The molecule has 126 valence electrons. The van der Waals surface area contributed by atoms with Crippen LogP contribution in [0, 0.1) is 0 Å². The van der Waals surface area contributed by atoms with Gasteiger partial charge in [-0.1, -0.05) is 20.8 Å². The van der Waals surface area contributed by atoms with Crippen LogP contribution in [0.15, 0.2) is 0 Å². The minimum Gasteiger partial charge on any atom is -0.315 e. The van der Waals surface area contributed by atoms with Gasteiger partial charge in [-0.05, 0) is 32.7 Å². The Morgan fingerprint density at radius 2 is 1.67 bits per heavy atom. The molecule has 5 nitrogen and oxygen atoms in total. The highest BCUT2D eigenvalue weighted by atomic mass is 32.2. The molecule has 0 aromatic heterocycles. The Kier molecular flexibility index (Phi) is 8.16. The number of unbranched alkanes of at least 4 members (excludes halogenated alkanes) is 1. The van der Waals surface area contributed by atoms with E-state index in [9.17, 15) is 8.42 Å². The van der Waals surface area contributed by atoms with Crippen molar-refractivity contribution in [2.24, 2.45) is 0 Å². The van der Waals surface area contributed by atoms with E-state index in [1.54, 1.807) is 4.31 Å². The van der Waals surface area contributed by atoms with E-state index in [0.29, 0.717) is 25.2 Å². The Hall–Kier alpha value is -0.170. The number of rotatable bonds is 9. The molecule has 0 radical (unpaired) electrons. The van der Waals surface area contributed by atoms with Gasteiger partial charge in [0.05, 0.1) is 5.75 Å². The lowest BCUT2D eigenvalue weighted by molar-refractivity contribution is 0.142. The molecule has 1 atom stereocenters. The number of nitrogens with one attached hydrogen (secondary N) is 1. The lowest BCUT2D eigenvalue weighted by Gasteiger charge is -2.37. The monoisotopic (exact) mass is 319 g/mol. The summed E-state index contributed by atoms with van der Waals surface area (Å²) in [5.74, 6) is 0.288. The van der Waals surface area contributed by atoms with Crippen LogP contribution in [-0.2, 0) is 10.0 Å². The zero-order chi connectivity index (χ0) is 15.9. The SMILES string of the molecule is CCC(C)N1CCN(S(=O)(=O)CCCCNC(C)C)CC1. The number of nitrogens with zero attached hydrogens (tertiary/aromatic N) is 2. The van der Waals surface area contributed by atoms with Crippen LogP contribution in [0.5, 0.6) is 0 Å². The molecule has 1 unspecified atom stereocenters. The van der Waals surface area contributed by atoms with Gasteiger partial charge >= 0.3 is 0 Å². The molecule has 6 heteroatoms. The van der Waals surface area contributed by atoms with Gasteiger partial charge in [0.1, 0.15) is 0 Å². The molecule has 1 heterocycles. The van der Waals surface area contributed by atoms with Crippen molar-refractivity contribution in [2.45, 2.75) is 59.0 Å². The van der Waals surface area contributed by atoms with Crippen LogP contribution in [0.4, 0.5) is 0 Å². The Morgan fingerprint density at radius 3 is 2.19 bits per heavy atom. The third kappa shape index (κ3) is 6.63. The second-order valence-corrected chi connectivity index (χ2v) is 8.41. The third-order valence-corrected chi connectivity index (χ3v) is 6.22. The molecular weight excluding hydrogens is 286 g/mol. The van der Waals surface area contributed by atoms with Gasteiger partial charge in [0, 0.05) is 38.3 Å². The maximum absolute atomic E-state index is 12.3. The molecule has 0 saturated carbocycles. The molecule has 0 aromatic carbocycles. The molecule has 1 fully saturated rings. The van der Waals surface area contributed by atoms with Crippen LogP contribution >= 0.6 is 0 Å². The van der Waals surface area contributed by atoms with Crippen molar-refractivity contribution in [3.8, 4) is 0 Å². The molecule has 1 N–H and O–H groups in total. The fourth-order valence-corrected chi connectivity index (χ4v) is 4.16. The van der Waals surface area contributed by atoms with E-state index in [1.165, 1.54) is 0 Å². The zero-order valence-electron chi connectivity index (χ0n) is 14.1. The second-order valence-electron chi connectivity index (χ2n) is 6.32. The van der Waals surface area contributed by atoms with Crippen molar-refractivity contribution in [3.05, 3.63) is 0 Å². The summed E-state index contributed by atoms with van der Waals surface area (Å²) in [6.45, 7) is 12.5. The highest BCUT2D eigenvalue weighted by Gasteiger charge is 2.27. The predicted molar refractivity (Wildman–Crippen MR) is 89.1 cm³/mol. The van der Waals surface area contributed by atoms with Crippen LogP contribution in [0.25, 0.3) is 0 Å². The van der Waals surface area contributed by atoms with Gasteiger partial charge in [-0.3, -0.25) is 4.90 Å². The molecular formula is C15H33N3O2S. The van der Waals surface area contributed by atoms with Gasteiger partial charge in [0.15, 0.2) is 0 Å². The van der Waals surface area contributed by atoms with E-state index >= 15 is 0 Å². The Bertz CT molecular complexity index is 376. The molecule has 0 aliphatic carbocycles. The molecule has 0 amide bonds. The average molecular weight is 320 g/mol. The maximum Gasteiger partial charge on any atom is 0.214 e. The number of hydrogen-bond donors (Lipinski definition) is 1. The summed E-state index contributed by atoms with van der Waals surface area (Å²) in [4.78, 5) is 2.39. The molecule has 1 rings (SSSR count). The maximum atomic E-state index is 12.3. The molecule has 1 aliphatic heterocycles. The van der Waals surface area contributed by atoms with Gasteiger partial charge in [0.2, 0.25) is 10.0 Å². The van der Waals surface area contributed by atoms with Crippen LogP contribution in [-0.4, -0.2) is 68.2 Å². The van der Waals surface area contributed by atoms with Gasteiger partial charge in [0.25, 0.3) is 0 Å². The molecule has 1 aliphatic rings. The van der Waals surface area contributed by atoms with Gasteiger partial charge in [-0.15, -0.1) is 0 Å². The predicted octanol–water partition coefficient (Wildman–Crippen LogP) is 1.51.